The van der Waals surface area contributed by atoms with Crippen molar-refractivity contribution in [1.29, 1.82) is 0 Å². The van der Waals surface area contributed by atoms with Crippen LogP contribution in [-0.4, -0.2) is 37.5 Å². The van der Waals surface area contributed by atoms with Crippen LogP contribution >= 0.6 is 11.8 Å². The van der Waals surface area contributed by atoms with Crippen molar-refractivity contribution in [3.8, 4) is 11.4 Å². The molecule has 0 bridgehead atoms. The first-order valence-electron chi connectivity index (χ1n) is 12.0. The fourth-order valence-electron chi connectivity index (χ4n) is 3.58. The molecule has 2 N–H and O–H groups in total. The summed E-state index contributed by atoms with van der Waals surface area (Å²) in [5, 5.41) is 25.9. The first-order valence-corrected chi connectivity index (χ1v) is 12.9. The molecule has 0 radical (unpaired) electrons. The molecular formula is C27H28N6O4S. The van der Waals surface area contributed by atoms with E-state index in [1.807, 2.05) is 66.9 Å². The van der Waals surface area contributed by atoms with Crippen molar-refractivity contribution in [2.24, 2.45) is 0 Å². The van der Waals surface area contributed by atoms with Gasteiger partial charge in [-0.3, -0.25) is 19.5 Å². The fraction of sp³-hybridized carbons (Fsp3) is 0.222. The summed E-state index contributed by atoms with van der Waals surface area (Å²) in [6.07, 6.45) is 0. The minimum absolute atomic E-state index is 0.0389. The lowest BCUT2D eigenvalue weighted by Crippen LogP contribution is -2.23. The van der Waals surface area contributed by atoms with Gasteiger partial charge in [-0.2, -0.15) is 0 Å². The normalized spacial score (nSPS) is 11.6. The number of carbonyl (C=O) groups excluding carboxylic acids is 1. The molecule has 196 valence electrons. The van der Waals surface area contributed by atoms with Gasteiger partial charge in [-0.05, 0) is 69.3 Å². The molecule has 0 saturated carbocycles. The number of hydrogen-bond donors (Lipinski definition) is 2. The van der Waals surface area contributed by atoms with Gasteiger partial charge in [0.1, 0.15) is 5.75 Å². The van der Waals surface area contributed by atoms with Crippen molar-refractivity contribution in [3.05, 3.63) is 94.3 Å². The molecule has 0 saturated heterocycles. The number of thioether (sulfide) groups is 1. The Bertz CT molecular complexity index is 1390. The van der Waals surface area contributed by atoms with E-state index in [1.165, 1.54) is 36.0 Å². The molecule has 1 heterocycles. The highest BCUT2D eigenvalue weighted by Crippen LogP contribution is 2.28. The zero-order valence-corrected chi connectivity index (χ0v) is 22.1. The van der Waals surface area contributed by atoms with E-state index in [1.54, 1.807) is 6.92 Å². The van der Waals surface area contributed by atoms with Crippen LogP contribution in [0.4, 0.5) is 17.1 Å². The number of carbonyl (C=O) groups is 1. The highest BCUT2D eigenvalue weighted by molar-refractivity contribution is 8.00. The summed E-state index contributed by atoms with van der Waals surface area (Å²) in [4.78, 5) is 23.3. The van der Waals surface area contributed by atoms with Crippen molar-refractivity contribution in [1.82, 2.24) is 14.8 Å². The van der Waals surface area contributed by atoms with E-state index in [0.29, 0.717) is 29.8 Å². The second-order valence-electron chi connectivity index (χ2n) is 8.43. The number of nitrogens with one attached hydrogen (secondary N) is 2. The standard InChI is InChI=1S/C27H28N6O4S/c1-4-37-24-15-9-20(10-16-24)28-17-25-30-31-27(32(25)22-11-5-18(2)6-12-22)38-19(3)26(34)29-21-7-13-23(14-8-21)33(35)36/h5-16,19,28H,4,17H2,1-3H3,(H,29,34). The minimum atomic E-state index is -0.509. The number of rotatable bonds is 11. The number of amides is 1. The number of nitro benzene ring substituents is 1. The van der Waals surface area contributed by atoms with Gasteiger partial charge in [0, 0.05) is 29.2 Å². The zero-order valence-electron chi connectivity index (χ0n) is 21.2. The molecule has 3 aromatic carbocycles. The summed E-state index contributed by atoms with van der Waals surface area (Å²) >= 11 is 1.28. The molecule has 4 rings (SSSR count). The van der Waals surface area contributed by atoms with Gasteiger partial charge in [0.05, 0.1) is 23.3 Å². The Balaban J connectivity index is 1.50. The molecule has 11 heteroatoms. The maximum Gasteiger partial charge on any atom is 0.269 e. The lowest BCUT2D eigenvalue weighted by Gasteiger charge is -2.15. The second kappa shape index (κ2) is 12.2. The van der Waals surface area contributed by atoms with E-state index in [2.05, 4.69) is 20.8 Å². The van der Waals surface area contributed by atoms with E-state index in [9.17, 15) is 14.9 Å². The molecule has 1 unspecified atom stereocenters. The number of aryl methyl sites for hydroxylation is 1. The number of anilines is 2. The molecule has 1 atom stereocenters. The Morgan fingerprint density at radius 3 is 2.32 bits per heavy atom. The van der Waals surface area contributed by atoms with E-state index in [0.717, 1.165) is 22.7 Å². The Morgan fingerprint density at radius 2 is 1.68 bits per heavy atom. The van der Waals surface area contributed by atoms with Gasteiger partial charge < -0.3 is 15.4 Å². The molecule has 10 nitrogen and oxygen atoms in total. The summed E-state index contributed by atoms with van der Waals surface area (Å²) in [6, 6.07) is 21.4. The average Bonchev–Trinajstić information content (AvgIpc) is 3.31. The summed E-state index contributed by atoms with van der Waals surface area (Å²) in [7, 11) is 0. The van der Waals surface area contributed by atoms with Crippen LogP contribution < -0.4 is 15.4 Å². The Kier molecular flexibility index (Phi) is 8.59. The largest absolute Gasteiger partial charge is 0.494 e. The minimum Gasteiger partial charge on any atom is -0.494 e. The average molecular weight is 533 g/mol. The SMILES string of the molecule is CCOc1ccc(NCc2nnc(SC(C)C(=O)Nc3ccc([N+](=O)[O-])cc3)n2-c2ccc(C)cc2)cc1. The van der Waals surface area contributed by atoms with Crippen LogP contribution in [0.2, 0.25) is 0 Å². The van der Waals surface area contributed by atoms with E-state index in [4.69, 9.17) is 4.74 Å². The van der Waals surface area contributed by atoms with Gasteiger partial charge in [0.25, 0.3) is 5.69 Å². The molecule has 0 aliphatic carbocycles. The molecule has 4 aromatic rings. The van der Waals surface area contributed by atoms with Gasteiger partial charge in [0.2, 0.25) is 5.91 Å². The molecule has 0 aliphatic rings. The second-order valence-corrected chi connectivity index (χ2v) is 9.74. The number of non-ortho nitro benzene ring substituents is 1. The number of nitro groups is 1. The van der Waals surface area contributed by atoms with Gasteiger partial charge in [-0.1, -0.05) is 29.5 Å². The highest BCUT2D eigenvalue weighted by Gasteiger charge is 2.21. The van der Waals surface area contributed by atoms with Gasteiger partial charge >= 0.3 is 0 Å². The van der Waals surface area contributed by atoms with Crippen molar-refractivity contribution in [2.45, 2.75) is 37.7 Å². The third kappa shape index (κ3) is 6.68. The molecule has 0 spiro atoms. The van der Waals surface area contributed by atoms with Gasteiger partial charge in [-0.25, -0.2) is 0 Å². The number of nitrogens with zero attached hydrogens (tertiary/aromatic N) is 4. The van der Waals surface area contributed by atoms with Crippen LogP contribution in [0.25, 0.3) is 5.69 Å². The smallest absolute Gasteiger partial charge is 0.269 e. The van der Waals surface area contributed by atoms with Gasteiger partial charge in [-0.15, -0.1) is 10.2 Å². The van der Waals surface area contributed by atoms with Crippen LogP contribution in [0, 0.1) is 17.0 Å². The predicted octanol–water partition coefficient (Wildman–Crippen LogP) is 5.61. The monoisotopic (exact) mass is 532 g/mol. The fourth-order valence-corrected chi connectivity index (χ4v) is 4.47. The van der Waals surface area contributed by atoms with E-state index < -0.39 is 10.2 Å². The Morgan fingerprint density at radius 1 is 1.03 bits per heavy atom. The van der Waals surface area contributed by atoms with Crippen LogP contribution in [0.15, 0.2) is 78.0 Å². The molecular weight excluding hydrogens is 504 g/mol. The van der Waals surface area contributed by atoms with Crippen LogP contribution in [0.3, 0.4) is 0 Å². The van der Waals surface area contributed by atoms with E-state index in [-0.39, 0.29) is 11.6 Å². The van der Waals surface area contributed by atoms with Crippen LogP contribution in [-0.2, 0) is 11.3 Å². The van der Waals surface area contributed by atoms with Crippen LogP contribution in [0.1, 0.15) is 25.2 Å². The lowest BCUT2D eigenvalue weighted by atomic mass is 10.2. The topological polar surface area (TPSA) is 124 Å². The summed E-state index contributed by atoms with van der Waals surface area (Å²) in [6.45, 7) is 6.76. The number of hydrogen-bond acceptors (Lipinski definition) is 8. The number of aromatic nitrogens is 3. The molecule has 1 aromatic heterocycles. The summed E-state index contributed by atoms with van der Waals surface area (Å²) < 4.78 is 7.44. The number of benzene rings is 3. The van der Waals surface area contributed by atoms with Crippen molar-refractivity contribution in [3.63, 3.8) is 0 Å². The van der Waals surface area contributed by atoms with Crippen molar-refractivity contribution < 1.29 is 14.5 Å². The third-order valence-electron chi connectivity index (χ3n) is 5.61. The Hall–Kier alpha value is -4.38. The predicted molar refractivity (Wildman–Crippen MR) is 148 cm³/mol. The quantitative estimate of drug-likeness (QED) is 0.145. The zero-order chi connectivity index (χ0) is 27.1. The lowest BCUT2D eigenvalue weighted by molar-refractivity contribution is -0.384. The van der Waals surface area contributed by atoms with Crippen molar-refractivity contribution in [2.75, 3.05) is 17.2 Å². The van der Waals surface area contributed by atoms with Gasteiger partial charge in [0.15, 0.2) is 11.0 Å². The Labute approximate surface area is 224 Å². The maximum absolute atomic E-state index is 12.9. The molecule has 1 amide bonds. The first-order chi connectivity index (χ1) is 18.3. The highest BCUT2D eigenvalue weighted by atomic mass is 32.2. The molecule has 38 heavy (non-hydrogen) atoms. The molecule has 0 fully saturated rings. The first kappa shape index (κ1) is 26.7. The molecule has 0 aliphatic heterocycles. The van der Waals surface area contributed by atoms with Crippen molar-refractivity contribution >= 4 is 34.7 Å². The third-order valence-corrected chi connectivity index (χ3v) is 6.65. The van der Waals surface area contributed by atoms with Crippen LogP contribution in [0.5, 0.6) is 5.75 Å². The van der Waals surface area contributed by atoms with E-state index >= 15 is 0 Å². The summed E-state index contributed by atoms with van der Waals surface area (Å²) in [5.41, 5.74) is 3.36. The maximum atomic E-state index is 12.9. The summed E-state index contributed by atoms with van der Waals surface area (Å²) in [5.74, 6) is 1.24. The number of ether oxygens (including phenoxy) is 1.